The predicted molar refractivity (Wildman–Crippen MR) is 154 cm³/mol. The first kappa shape index (κ1) is 29.2. The highest BCUT2D eigenvalue weighted by atomic mass is 32.2. The van der Waals surface area contributed by atoms with E-state index in [0.717, 1.165) is 42.6 Å². The highest BCUT2D eigenvalue weighted by molar-refractivity contribution is 8.00. The molecule has 38 heavy (non-hydrogen) atoms. The molecule has 3 aromatic rings. The van der Waals surface area contributed by atoms with Crippen LogP contribution in [0.4, 0.5) is 5.69 Å². The van der Waals surface area contributed by atoms with Crippen LogP contribution in [0.25, 0.3) is 11.3 Å². The van der Waals surface area contributed by atoms with Gasteiger partial charge in [-0.1, -0.05) is 69.9 Å². The molecule has 1 N–H and O–H groups in total. The molecular formula is C30H37N3O4S. The zero-order chi connectivity index (χ0) is 27.5. The summed E-state index contributed by atoms with van der Waals surface area (Å²) in [5.41, 5.74) is 1.94. The number of rotatable bonds is 14. The van der Waals surface area contributed by atoms with E-state index in [4.69, 9.17) is 4.98 Å². The summed E-state index contributed by atoms with van der Waals surface area (Å²) in [6.07, 6.45) is 6.10. The smallest absolute Gasteiger partial charge is 0.316 e. The van der Waals surface area contributed by atoms with Crippen molar-refractivity contribution in [2.24, 2.45) is 0 Å². The van der Waals surface area contributed by atoms with Gasteiger partial charge in [0.05, 0.1) is 5.69 Å². The number of carbonyl (C=O) groups is 2. The highest BCUT2D eigenvalue weighted by Crippen LogP contribution is 2.27. The van der Waals surface area contributed by atoms with E-state index in [0.29, 0.717) is 30.0 Å². The van der Waals surface area contributed by atoms with Gasteiger partial charge in [0.2, 0.25) is 5.91 Å². The maximum absolute atomic E-state index is 13.4. The second-order valence-electron chi connectivity index (χ2n) is 9.26. The third kappa shape index (κ3) is 8.05. The number of aliphatic carboxylic acids is 1. The van der Waals surface area contributed by atoms with Gasteiger partial charge in [-0.2, -0.15) is 0 Å². The number of carboxylic acids is 1. The number of benzene rings is 2. The van der Waals surface area contributed by atoms with Crippen molar-refractivity contribution in [1.82, 2.24) is 9.55 Å². The number of aryl methyl sites for hydroxylation is 1. The third-order valence-electron chi connectivity index (χ3n) is 6.36. The van der Waals surface area contributed by atoms with Gasteiger partial charge in [0, 0.05) is 35.1 Å². The highest BCUT2D eigenvalue weighted by Gasteiger charge is 2.20. The fourth-order valence-corrected chi connectivity index (χ4v) is 4.95. The van der Waals surface area contributed by atoms with Crippen LogP contribution in [0.3, 0.4) is 0 Å². The monoisotopic (exact) mass is 535 g/mol. The normalized spacial score (nSPS) is 11.8. The second kappa shape index (κ2) is 14.5. The maximum Gasteiger partial charge on any atom is 0.316 e. The topological polar surface area (TPSA) is 92.5 Å². The summed E-state index contributed by atoms with van der Waals surface area (Å²) in [6.45, 7) is 5.81. The molecule has 0 aliphatic carbocycles. The molecule has 1 amide bonds. The van der Waals surface area contributed by atoms with Crippen molar-refractivity contribution in [2.45, 2.75) is 82.5 Å². The number of unbranched alkanes of at least 4 members (excludes halogenated alkanes) is 4. The molecule has 1 unspecified atom stereocenters. The van der Waals surface area contributed by atoms with Crippen LogP contribution in [0.5, 0.6) is 0 Å². The SMILES string of the molecule is CCCCCCCC(=O)N(Cn1c(CC)nc(-c2ccccc2)cc1=O)c1ccc(SC(C)C(=O)O)cc1. The van der Waals surface area contributed by atoms with Crippen molar-refractivity contribution in [3.05, 3.63) is 76.8 Å². The van der Waals surface area contributed by atoms with E-state index in [2.05, 4.69) is 6.92 Å². The van der Waals surface area contributed by atoms with Crippen LogP contribution >= 0.6 is 11.8 Å². The van der Waals surface area contributed by atoms with Crippen LogP contribution in [0.1, 0.15) is 65.1 Å². The van der Waals surface area contributed by atoms with Crippen molar-refractivity contribution in [2.75, 3.05) is 4.90 Å². The Balaban J connectivity index is 1.90. The van der Waals surface area contributed by atoms with Gasteiger partial charge in [-0.15, -0.1) is 11.8 Å². The van der Waals surface area contributed by atoms with E-state index in [9.17, 15) is 19.5 Å². The molecule has 0 saturated carbocycles. The minimum absolute atomic E-state index is 0.0538. The molecule has 7 nitrogen and oxygen atoms in total. The van der Waals surface area contributed by atoms with E-state index in [1.807, 2.05) is 61.5 Å². The average Bonchev–Trinajstić information content (AvgIpc) is 2.92. The Labute approximate surface area is 228 Å². The molecule has 0 fully saturated rings. The molecule has 1 heterocycles. The number of nitrogens with zero attached hydrogens (tertiary/aromatic N) is 3. The minimum atomic E-state index is -0.878. The lowest BCUT2D eigenvalue weighted by Crippen LogP contribution is -2.38. The van der Waals surface area contributed by atoms with E-state index in [-0.39, 0.29) is 18.1 Å². The molecule has 0 aliphatic heterocycles. The summed E-state index contributed by atoms with van der Waals surface area (Å²) in [6, 6.07) is 18.4. The first-order chi connectivity index (χ1) is 18.3. The molecule has 0 bridgehead atoms. The van der Waals surface area contributed by atoms with Crippen LogP contribution in [0, 0.1) is 0 Å². The molecule has 0 spiro atoms. The Morgan fingerprint density at radius 3 is 2.32 bits per heavy atom. The largest absolute Gasteiger partial charge is 0.480 e. The molecule has 3 rings (SSSR count). The molecule has 2 aromatic carbocycles. The van der Waals surface area contributed by atoms with Crippen LogP contribution in [-0.4, -0.2) is 31.8 Å². The molecular weight excluding hydrogens is 498 g/mol. The van der Waals surface area contributed by atoms with E-state index < -0.39 is 11.2 Å². The van der Waals surface area contributed by atoms with Crippen LogP contribution < -0.4 is 10.5 Å². The van der Waals surface area contributed by atoms with Gasteiger partial charge in [0.1, 0.15) is 17.7 Å². The zero-order valence-corrected chi connectivity index (χ0v) is 23.2. The Morgan fingerprint density at radius 1 is 1.00 bits per heavy atom. The summed E-state index contributed by atoms with van der Waals surface area (Å²) in [5.74, 6) is -0.321. The standard InChI is InChI=1S/C30H37N3O4S/c1-4-6-7-8-12-15-28(34)32(24-16-18-25(19-17-24)38-22(3)30(36)37)21-33-27(5-2)31-26(20-29(33)35)23-13-10-9-11-14-23/h9-11,13-14,16-20,22H,4-8,12,15,21H2,1-3H3,(H,36,37). The van der Waals surface area contributed by atoms with Crippen molar-refractivity contribution >= 4 is 29.3 Å². The number of aromatic nitrogens is 2. The number of hydrogen-bond acceptors (Lipinski definition) is 5. The van der Waals surface area contributed by atoms with Crippen molar-refractivity contribution in [3.63, 3.8) is 0 Å². The fourth-order valence-electron chi connectivity index (χ4n) is 4.15. The van der Waals surface area contributed by atoms with Gasteiger partial charge in [0.25, 0.3) is 5.56 Å². The molecule has 1 atom stereocenters. The predicted octanol–water partition coefficient (Wildman–Crippen LogP) is 6.39. The Morgan fingerprint density at radius 2 is 1.68 bits per heavy atom. The van der Waals surface area contributed by atoms with Crippen molar-refractivity contribution < 1.29 is 14.7 Å². The quantitative estimate of drug-likeness (QED) is 0.190. The fraction of sp³-hybridized carbons (Fsp3) is 0.400. The first-order valence-corrected chi connectivity index (χ1v) is 14.2. The van der Waals surface area contributed by atoms with Gasteiger partial charge >= 0.3 is 5.97 Å². The summed E-state index contributed by atoms with van der Waals surface area (Å²) in [5, 5.41) is 8.63. The second-order valence-corrected chi connectivity index (χ2v) is 10.7. The molecule has 1 aromatic heterocycles. The minimum Gasteiger partial charge on any atom is -0.480 e. The average molecular weight is 536 g/mol. The van der Waals surface area contributed by atoms with E-state index >= 15 is 0 Å². The number of hydrogen-bond donors (Lipinski definition) is 1. The van der Waals surface area contributed by atoms with E-state index in [1.165, 1.54) is 17.8 Å². The van der Waals surface area contributed by atoms with Gasteiger partial charge in [0.15, 0.2) is 0 Å². The van der Waals surface area contributed by atoms with Crippen molar-refractivity contribution in [1.29, 1.82) is 0 Å². The summed E-state index contributed by atoms with van der Waals surface area (Å²) in [7, 11) is 0. The molecule has 0 saturated heterocycles. The Hall–Kier alpha value is -3.39. The number of thioether (sulfide) groups is 1. The molecule has 8 heteroatoms. The summed E-state index contributed by atoms with van der Waals surface area (Å²) in [4.78, 5) is 45.1. The van der Waals surface area contributed by atoms with Crippen LogP contribution in [0.15, 0.2) is 70.4 Å². The van der Waals surface area contributed by atoms with Gasteiger partial charge in [-0.3, -0.25) is 23.9 Å². The van der Waals surface area contributed by atoms with E-state index in [1.54, 1.807) is 16.4 Å². The maximum atomic E-state index is 13.4. The lowest BCUT2D eigenvalue weighted by atomic mass is 10.1. The number of amides is 1. The summed E-state index contributed by atoms with van der Waals surface area (Å²) >= 11 is 1.25. The number of carbonyl (C=O) groups excluding carboxylic acids is 1. The van der Waals surface area contributed by atoms with Gasteiger partial charge < -0.3 is 5.11 Å². The first-order valence-electron chi connectivity index (χ1n) is 13.3. The van der Waals surface area contributed by atoms with Gasteiger partial charge in [-0.05, 0) is 37.6 Å². The van der Waals surface area contributed by atoms with Crippen LogP contribution in [-0.2, 0) is 22.7 Å². The summed E-state index contributed by atoms with van der Waals surface area (Å²) < 4.78 is 1.57. The Kier molecular flexibility index (Phi) is 11.1. The zero-order valence-electron chi connectivity index (χ0n) is 22.4. The van der Waals surface area contributed by atoms with Crippen LogP contribution in [0.2, 0.25) is 0 Å². The molecule has 0 radical (unpaired) electrons. The number of carboxylic acid groups (broad SMARTS) is 1. The lowest BCUT2D eigenvalue weighted by Gasteiger charge is -2.25. The van der Waals surface area contributed by atoms with Crippen molar-refractivity contribution in [3.8, 4) is 11.3 Å². The third-order valence-corrected chi connectivity index (χ3v) is 7.46. The Bertz CT molecular complexity index is 1260. The lowest BCUT2D eigenvalue weighted by molar-refractivity contribution is -0.136. The molecule has 202 valence electrons. The van der Waals surface area contributed by atoms with Gasteiger partial charge in [-0.25, -0.2) is 4.98 Å². The number of anilines is 1. The molecule has 0 aliphatic rings.